The number of hydrogen-bond acceptors (Lipinski definition) is 3. The molecule has 0 saturated heterocycles. The van der Waals surface area contributed by atoms with Crippen molar-refractivity contribution < 1.29 is 9.90 Å². The molecule has 0 unspecified atom stereocenters. The topological polar surface area (TPSA) is 62.2 Å². The fourth-order valence-corrected chi connectivity index (χ4v) is 1.92. The summed E-state index contributed by atoms with van der Waals surface area (Å²) in [6.45, 7) is 0. The Morgan fingerprint density at radius 2 is 1.95 bits per heavy atom. The lowest BCUT2D eigenvalue weighted by atomic mass is 10.1. The van der Waals surface area contributed by atoms with Gasteiger partial charge in [0.05, 0.1) is 11.3 Å². The Morgan fingerprint density at radius 3 is 2.58 bits per heavy atom. The van der Waals surface area contributed by atoms with Gasteiger partial charge in [0, 0.05) is 11.6 Å². The summed E-state index contributed by atoms with van der Waals surface area (Å²) in [6.07, 6.45) is 2.25. The van der Waals surface area contributed by atoms with Gasteiger partial charge in [-0.1, -0.05) is 30.3 Å². The molecule has 2 N–H and O–H groups in total. The molecule has 4 nitrogen and oxygen atoms in total. The van der Waals surface area contributed by atoms with Crippen LogP contribution < -0.4 is 5.32 Å². The van der Waals surface area contributed by atoms with E-state index in [1.54, 1.807) is 12.1 Å². The van der Waals surface area contributed by atoms with E-state index in [9.17, 15) is 9.90 Å². The average molecular weight is 254 g/mol. The number of rotatable bonds is 4. The van der Waals surface area contributed by atoms with Gasteiger partial charge in [-0.05, 0) is 25.0 Å². The van der Waals surface area contributed by atoms with Gasteiger partial charge in [-0.15, -0.1) is 0 Å². The number of nitrogens with one attached hydrogen (secondary N) is 1. The Labute approximate surface area is 111 Å². The van der Waals surface area contributed by atoms with E-state index in [2.05, 4.69) is 10.3 Å². The largest absolute Gasteiger partial charge is 0.478 e. The minimum Gasteiger partial charge on any atom is -0.478 e. The van der Waals surface area contributed by atoms with Crippen LogP contribution in [0.15, 0.2) is 42.5 Å². The summed E-state index contributed by atoms with van der Waals surface area (Å²) in [5.41, 5.74) is 1.87. The van der Waals surface area contributed by atoms with Crippen LogP contribution in [0, 0.1) is 0 Å². The lowest BCUT2D eigenvalue weighted by Gasteiger charge is -2.08. The molecule has 19 heavy (non-hydrogen) atoms. The van der Waals surface area contributed by atoms with Gasteiger partial charge in [0.15, 0.2) is 0 Å². The monoisotopic (exact) mass is 254 g/mol. The van der Waals surface area contributed by atoms with Gasteiger partial charge in [0.2, 0.25) is 0 Å². The zero-order valence-electron chi connectivity index (χ0n) is 10.3. The lowest BCUT2D eigenvalue weighted by molar-refractivity contribution is 0.0697. The first kappa shape index (κ1) is 11.7. The minimum atomic E-state index is -0.932. The van der Waals surface area contributed by atoms with Crippen molar-refractivity contribution in [1.82, 2.24) is 4.98 Å². The van der Waals surface area contributed by atoms with E-state index in [1.165, 1.54) is 0 Å². The van der Waals surface area contributed by atoms with Crippen LogP contribution in [0.2, 0.25) is 0 Å². The van der Waals surface area contributed by atoms with Crippen molar-refractivity contribution in [2.45, 2.75) is 18.9 Å². The zero-order valence-corrected chi connectivity index (χ0v) is 10.3. The smallest absolute Gasteiger partial charge is 0.335 e. The van der Waals surface area contributed by atoms with E-state index in [1.807, 2.05) is 30.3 Å². The van der Waals surface area contributed by atoms with Crippen LogP contribution in [-0.2, 0) is 0 Å². The normalized spacial score (nSPS) is 14.1. The maximum Gasteiger partial charge on any atom is 0.335 e. The van der Waals surface area contributed by atoms with E-state index in [0.717, 1.165) is 18.4 Å². The molecule has 3 rings (SSSR count). The third kappa shape index (κ3) is 2.73. The first-order valence-electron chi connectivity index (χ1n) is 6.30. The number of carboxylic acid groups (broad SMARTS) is 1. The third-order valence-electron chi connectivity index (χ3n) is 3.07. The molecule has 1 fully saturated rings. The minimum absolute atomic E-state index is 0.261. The third-order valence-corrected chi connectivity index (χ3v) is 3.07. The molecule has 1 aromatic carbocycles. The number of hydrogen-bond donors (Lipinski definition) is 2. The molecule has 0 atom stereocenters. The fourth-order valence-electron chi connectivity index (χ4n) is 1.92. The maximum absolute atomic E-state index is 11.2. The van der Waals surface area contributed by atoms with Crippen LogP contribution in [0.1, 0.15) is 23.2 Å². The molecule has 1 aliphatic carbocycles. The molecule has 0 amide bonds. The number of pyridine rings is 1. The number of aromatic carboxylic acids is 1. The van der Waals surface area contributed by atoms with Crippen molar-refractivity contribution in [3.63, 3.8) is 0 Å². The summed E-state index contributed by atoms with van der Waals surface area (Å²) in [5, 5.41) is 12.4. The van der Waals surface area contributed by atoms with E-state index in [4.69, 9.17) is 0 Å². The van der Waals surface area contributed by atoms with Gasteiger partial charge in [0.1, 0.15) is 5.82 Å². The molecule has 1 aliphatic rings. The fraction of sp³-hybridized carbons (Fsp3) is 0.200. The summed E-state index contributed by atoms with van der Waals surface area (Å²) < 4.78 is 0. The van der Waals surface area contributed by atoms with Gasteiger partial charge in [-0.25, -0.2) is 9.78 Å². The predicted octanol–water partition coefficient (Wildman–Crippen LogP) is 3.02. The second kappa shape index (κ2) is 4.72. The molecule has 0 aliphatic heterocycles. The van der Waals surface area contributed by atoms with Crippen molar-refractivity contribution in [2.24, 2.45) is 0 Å². The summed E-state index contributed by atoms with van der Waals surface area (Å²) in [6, 6.07) is 13.2. The second-order valence-corrected chi connectivity index (χ2v) is 4.72. The molecule has 0 radical (unpaired) electrons. The Hall–Kier alpha value is -2.36. The Kier molecular flexibility index (Phi) is 2.91. The lowest BCUT2D eigenvalue weighted by Crippen LogP contribution is -2.06. The molecule has 1 saturated carbocycles. The van der Waals surface area contributed by atoms with E-state index < -0.39 is 5.97 Å². The Morgan fingerprint density at radius 1 is 1.21 bits per heavy atom. The Bertz CT molecular complexity index is 607. The van der Waals surface area contributed by atoms with Crippen LogP contribution in [0.4, 0.5) is 5.82 Å². The average Bonchev–Trinajstić information content (AvgIpc) is 3.23. The van der Waals surface area contributed by atoms with Crippen molar-refractivity contribution in [1.29, 1.82) is 0 Å². The molecular weight excluding hydrogens is 240 g/mol. The van der Waals surface area contributed by atoms with Gasteiger partial charge in [-0.3, -0.25) is 0 Å². The number of aromatic nitrogens is 1. The maximum atomic E-state index is 11.2. The highest BCUT2D eigenvalue weighted by molar-refractivity contribution is 5.90. The van der Waals surface area contributed by atoms with Gasteiger partial charge in [-0.2, -0.15) is 0 Å². The standard InChI is InChI=1S/C15H14N2O2/c18-15(19)11-8-13(10-4-2-1-3-5-10)17-14(9-11)16-12-6-7-12/h1-5,8-9,12H,6-7H2,(H,16,17)(H,18,19). The number of anilines is 1. The highest BCUT2D eigenvalue weighted by atomic mass is 16.4. The zero-order chi connectivity index (χ0) is 13.2. The quantitative estimate of drug-likeness (QED) is 0.880. The first-order chi connectivity index (χ1) is 9.22. The highest BCUT2D eigenvalue weighted by Gasteiger charge is 2.22. The van der Waals surface area contributed by atoms with Gasteiger partial charge < -0.3 is 10.4 Å². The van der Waals surface area contributed by atoms with Crippen molar-refractivity contribution >= 4 is 11.8 Å². The van der Waals surface area contributed by atoms with Crippen molar-refractivity contribution in [2.75, 3.05) is 5.32 Å². The van der Waals surface area contributed by atoms with E-state index in [0.29, 0.717) is 17.6 Å². The van der Waals surface area contributed by atoms with Gasteiger partial charge in [0.25, 0.3) is 0 Å². The van der Waals surface area contributed by atoms with Crippen LogP contribution in [-0.4, -0.2) is 22.1 Å². The Balaban J connectivity index is 2.02. The molecule has 0 bridgehead atoms. The van der Waals surface area contributed by atoms with Crippen LogP contribution in [0.25, 0.3) is 11.3 Å². The number of carboxylic acids is 1. The second-order valence-electron chi connectivity index (χ2n) is 4.72. The van der Waals surface area contributed by atoms with E-state index >= 15 is 0 Å². The predicted molar refractivity (Wildman–Crippen MR) is 73.3 cm³/mol. The van der Waals surface area contributed by atoms with Crippen LogP contribution >= 0.6 is 0 Å². The highest BCUT2D eigenvalue weighted by Crippen LogP contribution is 2.26. The van der Waals surface area contributed by atoms with Crippen molar-refractivity contribution in [3.8, 4) is 11.3 Å². The number of carbonyl (C=O) groups is 1. The molecular formula is C15H14N2O2. The summed E-state index contributed by atoms with van der Waals surface area (Å²) in [4.78, 5) is 15.7. The summed E-state index contributed by atoms with van der Waals surface area (Å²) in [5.74, 6) is -0.292. The molecule has 96 valence electrons. The molecule has 1 heterocycles. The number of benzene rings is 1. The molecule has 4 heteroatoms. The summed E-state index contributed by atoms with van der Waals surface area (Å²) >= 11 is 0. The van der Waals surface area contributed by atoms with Crippen LogP contribution in [0.5, 0.6) is 0 Å². The van der Waals surface area contributed by atoms with E-state index in [-0.39, 0.29) is 5.56 Å². The SMILES string of the molecule is O=C(O)c1cc(NC2CC2)nc(-c2ccccc2)c1. The molecule has 0 spiro atoms. The molecule has 1 aromatic heterocycles. The van der Waals surface area contributed by atoms with Crippen molar-refractivity contribution in [3.05, 3.63) is 48.0 Å². The first-order valence-corrected chi connectivity index (χ1v) is 6.30. The molecule has 2 aromatic rings. The van der Waals surface area contributed by atoms with Gasteiger partial charge >= 0.3 is 5.97 Å². The summed E-state index contributed by atoms with van der Waals surface area (Å²) in [7, 11) is 0. The van der Waals surface area contributed by atoms with Crippen LogP contribution in [0.3, 0.4) is 0 Å². The number of nitrogens with zero attached hydrogens (tertiary/aromatic N) is 1.